The molecule has 5 nitrogen and oxygen atoms in total. The van der Waals surface area contributed by atoms with Crippen LogP contribution in [0.4, 0.5) is 13.2 Å². The molecule has 190 valence electrons. The summed E-state index contributed by atoms with van der Waals surface area (Å²) in [5.74, 6) is 0. The van der Waals surface area contributed by atoms with E-state index < -0.39 is 48.9 Å². The molecule has 2 fully saturated rings. The standard InChI is InChI=1S/C26H24F3NO4S2/c27-26(28,29)20-6-4-5-19(15-20)18-9-13-24(14-10-18)36(33,34)30-21-11-12-22(30)17-25(16-21)35(31,32)23-7-2-1-3-8-23/h1-10,13-15,21-22,25H,11-12,16-17H2. The number of piperidine rings is 1. The molecule has 3 aromatic carbocycles. The quantitative estimate of drug-likeness (QED) is 0.431. The number of nitrogens with zero attached hydrogens (tertiary/aromatic N) is 1. The van der Waals surface area contributed by atoms with Gasteiger partial charge in [-0.1, -0.05) is 42.5 Å². The third-order valence-corrected chi connectivity index (χ3v) is 11.3. The Morgan fingerprint density at radius 3 is 1.89 bits per heavy atom. The number of rotatable bonds is 5. The molecule has 0 aliphatic carbocycles. The molecule has 5 rings (SSSR count). The number of alkyl halides is 3. The minimum absolute atomic E-state index is 0.0412. The second kappa shape index (κ2) is 9.00. The lowest BCUT2D eigenvalue weighted by Gasteiger charge is -2.37. The Hall–Kier alpha value is -2.69. The molecule has 0 amide bonds. The van der Waals surface area contributed by atoms with Gasteiger partial charge in [0.15, 0.2) is 9.84 Å². The SMILES string of the molecule is O=S(=O)(c1ccccc1)C1CC2CCC(C1)N2S(=O)(=O)c1ccc(-c2cccc(C(F)(F)F)c2)cc1. The first kappa shape index (κ1) is 25.0. The highest BCUT2D eigenvalue weighted by Gasteiger charge is 2.50. The Kier molecular flexibility index (Phi) is 6.25. The maximum atomic E-state index is 13.5. The van der Waals surface area contributed by atoms with Crippen LogP contribution < -0.4 is 0 Å². The Bertz CT molecular complexity index is 1460. The van der Waals surface area contributed by atoms with Crippen LogP contribution in [0.2, 0.25) is 0 Å². The van der Waals surface area contributed by atoms with Crippen LogP contribution in [0, 0.1) is 0 Å². The predicted octanol–water partition coefficient (Wildman–Crippen LogP) is 5.53. The molecule has 0 N–H and O–H groups in total. The summed E-state index contributed by atoms with van der Waals surface area (Å²) in [7, 11) is -7.48. The van der Waals surface area contributed by atoms with E-state index >= 15 is 0 Å². The zero-order valence-electron chi connectivity index (χ0n) is 19.1. The van der Waals surface area contributed by atoms with Crippen molar-refractivity contribution in [3.05, 3.63) is 84.4 Å². The average molecular weight is 536 g/mol. The summed E-state index contributed by atoms with van der Waals surface area (Å²) >= 11 is 0. The van der Waals surface area contributed by atoms with E-state index in [4.69, 9.17) is 0 Å². The van der Waals surface area contributed by atoms with Gasteiger partial charge in [0.05, 0.1) is 20.6 Å². The van der Waals surface area contributed by atoms with Gasteiger partial charge in [0.25, 0.3) is 0 Å². The average Bonchev–Trinajstić information content (AvgIpc) is 3.14. The van der Waals surface area contributed by atoms with Crippen LogP contribution in [0.5, 0.6) is 0 Å². The topological polar surface area (TPSA) is 71.5 Å². The van der Waals surface area contributed by atoms with Crippen molar-refractivity contribution >= 4 is 19.9 Å². The van der Waals surface area contributed by atoms with Crippen molar-refractivity contribution in [2.24, 2.45) is 0 Å². The van der Waals surface area contributed by atoms with Crippen LogP contribution in [0.25, 0.3) is 11.1 Å². The highest BCUT2D eigenvalue weighted by molar-refractivity contribution is 7.92. The lowest BCUT2D eigenvalue weighted by atomic mass is 10.0. The van der Waals surface area contributed by atoms with Gasteiger partial charge in [0.2, 0.25) is 10.0 Å². The fourth-order valence-electron chi connectivity index (χ4n) is 5.35. The summed E-state index contributed by atoms with van der Waals surface area (Å²) in [6, 6.07) is 18.0. The first-order chi connectivity index (χ1) is 17.0. The van der Waals surface area contributed by atoms with Crippen LogP contribution in [0.15, 0.2) is 88.7 Å². The van der Waals surface area contributed by atoms with E-state index in [0.29, 0.717) is 24.0 Å². The molecule has 2 aliphatic heterocycles. The summed E-state index contributed by atoms with van der Waals surface area (Å²) in [4.78, 5) is 0.287. The molecule has 0 saturated carbocycles. The number of sulfone groups is 1. The lowest BCUT2D eigenvalue weighted by Crippen LogP contribution is -2.49. The molecule has 2 unspecified atom stereocenters. The summed E-state index contributed by atoms with van der Waals surface area (Å²) < 4.78 is 94.0. The maximum absolute atomic E-state index is 13.5. The second-order valence-corrected chi connectivity index (χ2v) is 13.3. The van der Waals surface area contributed by atoms with Gasteiger partial charge in [-0.05, 0) is 73.2 Å². The molecule has 3 aromatic rings. The maximum Gasteiger partial charge on any atom is 0.416 e. The summed E-state index contributed by atoms with van der Waals surface area (Å²) in [5, 5.41) is -0.646. The molecule has 0 aromatic heterocycles. The molecule has 2 aliphatic rings. The van der Waals surface area contributed by atoms with E-state index in [1.165, 1.54) is 40.7 Å². The highest BCUT2D eigenvalue weighted by atomic mass is 32.2. The molecule has 10 heteroatoms. The normalized spacial score (nSPS) is 23.0. The third-order valence-electron chi connectivity index (χ3n) is 7.09. The lowest BCUT2D eigenvalue weighted by molar-refractivity contribution is -0.137. The van der Waals surface area contributed by atoms with Crippen molar-refractivity contribution in [3.63, 3.8) is 0 Å². The molecule has 2 atom stereocenters. The Labute approximate surface area is 208 Å². The summed E-state index contributed by atoms with van der Waals surface area (Å²) in [6.45, 7) is 0. The Morgan fingerprint density at radius 2 is 1.31 bits per heavy atom. The Balaban J connectivity index is 1.38. The number of benzene rings is 3. The van der Waals surface area contributed by atoms with Gasteiger partial charge in [0, 0.05) is 12.1 Å². The van der Waals surface area contributed by atoms with Crippen LogP contribution in [-0.4, -0.2) is 38.5 Å². The largest absolute Gasteiger partial charge is 0.416 e. The van der Waals surface area contributed by atoms with Gasteiger partial charge in [-0.15, -0.1) is 0 Å². The highest BCUT2D eigenvalue weighted by Crippen LogP contribution is 2.43. The van der Waals surface area contributed by atoms with Gasteiger partial charge in [0.1, 0.15) is 0 Å². The molecule has 2 heterocycles. The smallest absolute Gasteiger partial charge is 0.223 e. The zero-order chi connectivity index (χ0) is 25.7. The first-order valence-corrected chi connectivity index (χ1v) is 14.6. The van der Waals surface area contributed by atoms with Crippen molar-refractivity contribution in [2.75, 3.05) is 0 Å². The van der Waals surface area contributed by atoms with E-state index in [0.717, 1.165) is 12.1 Å². The van der Waals surface area contributed by atoms with Crippen LogP contribution >= 0.6 is 0 Å². The molecule has 2 bridgehead atoms. The van der Waals surface area contributed by atoms with Crippen molar-refractivity contribution < 1.29 is 30.0 Å². The van der Waals surface area contributed by atoms with Gasteiger partial charge in [-0.3, -0.25) is 0 Å². The van der Waals surface area contributed by atoms with E-state index in [1.54, 1.807) is 30.3 Å². The van der Waals surface area contributed by atoms with Crippen LogP contribution in [0.1, 0.15) is 31.2 Å². The van der Waals surface area contributed by atoms with Crippen LogP contribution in [0.3, 0.4) is 0 Å². The molecular formula is C26H24F3NO4S2. The molecule has 0 spiro atoms. The van der Waals surface area contributed by atoms with Gasteiger partial charge >= 0.3 is 6.18 Å². The molecule has 2 saturated heterocycles. The number of hydrogen-bond acceptors (Lipinski definition) is 4. The number of halogens is 3. The molecule has 0 radical (unpaired) electrons. The van der Waals surface area contributed by atoms with Crippen LogP contribution in [-0.2, 0) is 26.0 Å². The molecular weight excluding hydrogens is 511 g/mol. The Morgan fingerprint density at radius 1 is 0.694 bits per heavy atom. The van der Waals surface area contributed by atoms with Crippen molar-refractivity contribution in [3.8, 4) is 11.1 Å². The summed E-state index contributed by atoms with van der Waals surface area (Å²) in [6.07, 6.45) is -2.83. The third kappa shape index (κ3) is 4.46. The van der Waals surface area contributed by atoms with Crippen molar-refractivity contribution in [1.82, 2.24) is 4.31 Å². The number of fused-ring (bicyclic) bond motifs is 2. The van der Waals surface area contributed by atoms with Crippen molar-refractivity contribution in [2.45, 2.75) is 59.0 Å². The van der Waals surface area contributed by atoms with Gasteiger partial charge < -0.3 is 0 Å². The van der Waals surface area contributed by atoms with Crippen molar-refractivity contribution in [1.29, 1.82) is 0 Å². The van der Waals surface area contributed by atoms with Gasteiger partial charge in [-0.25, -0.2) is 16.8 Å². The van der Waals surface area contributed by atoms with E-state index in [9.17, 15) is 30.0 Å². The van der Waals surface area contributed by atoms with Gasteiger partial charge in [-0.2, -0.15) is 17.5 Å². The second-order valence-electron chi connectivity index (χ2n) is 9.27. The summed E-state index contributed by atoms with van der Waals surface area (Å²) in [5.41, 5.74) is 0.0260. The number of sulfonamides is 1. The molecule has 36 heavy (non-hydrogen) atoms. The minimum atomic E-state index is -4.47. The number of hydrogen-bond donors (Lipinski definition) is 0. The zero-order valence-corrected chi connectivity index (χ0v) is 20.7. The fourth-order valence-corrected chi connectivity index (χ4v) is 9.11. The predicted molar refractivity (Wildman–Crippen MR) is 129 cm³/mol. The van der Waals surface area contributed by atoms with E-state index in [1.807, 2.05) is 0 Å². The first-order valence-electron chi connectivity index (χ1n) is 11.6. The fraction of sp³-hybridized carbons (Fsp3) is 0.308. The van der Waals surface area contributed by atoms with E-state index in [-0.39, 0.29) is 22.6 Å². The van der Waals surface area contributed by atoms with E-state index in [2.05, 4.69) is 0 Å². The monoisotopic (exact) mass is 535 g/mol. The minimum Gasteiger partial charge on any atom is -0.223 e.